The highest BCUT2D eigenvalue weighted by molar-refractivity contribution is 8.00. The Kier molecular flexibility index (Phi) is 6.64. The van der Waals surface area contributed by atoms with Gasteiger partial charge in [0, 0.05) is 47.1 Å². The van der Waals surface area contributed by atoms with E-state index in [0.29, 0.717) is 28.3 Å². The number of likely N-dealkylation sites (N-methyl/N-ethyl adjacent to an activating group) is 1. The van der Waals surface area contributed by atoms with Crippen LogP contribution in [-0.2, 0) is 4.79 Å². The van der Waals surface area contributed by atoms with Gasteiger partial charge in [0.15, 0.2) is 5.65 Å². The molecule has 1 fully saturated rings. The van der Waals surface area contributed by atoms with Crippen molar-refractivity contribution in [2.24, 2.45) is 0 Å². The molecular formula is C25H24F2N8O3S. The molecule has 1 aromatic carbocycles. The number of likely N-dealkylation sites (tertiary alicyclic amines) is 1. The highest BCUT2D eigenvalue weighted by atomic mass is 32.2. The number of hydrogen-bond acceptors (Lipinski definition) is 8. The lowest BCUT2D eigenvalue weighted by Gasteiger charge is -2.31. The van der Waals surface area contributed by atoms with Crippen LogP contribution >= 0.6 is 11.8 Å². The quantitative estimate of drug-likeness (QED) is 0.316. The zero-order chi connectivity index (χ0) is 27.1. The molecule has 2 amide bonds. The molecule has 11 nitrogen and oxygen atoms in total. The molecule has 39 heavy (non-hydrogen) atoms. The first-order valence-electron chi connectivity index (χ1n) is 12.3. The highest BCUT2D eigenvalue weighted by Crippen LogP contribution is 2.46. The van der Waals surface area contributed by atoms with Gasteiger partial charge in [0.05, 0.1) is 29.0 Å². The van der Waals surface area contributed by atoms with Gasteiger partial charge in [-0.1, -0.05) is 0 Å². The van der Waals surface area contributed by atoms with Crippen molar-refractivity contribution in [3.05, 3.63) is 59.8 Å². The van der Waals surface area contributed by atoms with Crippen molar-refractivity contribution in [1.82, 2.24) is 29.7 Å². The number of carbonyl (C=O) groups is 2. The first-order chi connectivity index (χ1) is 18.9. The lowest BCUT2D eigenvalue weighted by Crippen LogP contribution is -2.33. The summed E-state index contributed by atoms with van der Waals surface area (Å²) in [5.74, 6) is -1.01. The number of ether oxygens (including phenoxy) is 1. The number of anilines is 2. The van der Waals surface area contributed by atoms with Gasteiger partial charge in [-0.3, -0.25) is 14.7 Å². The molecule has 2 aliphatic rings. The molecule has 2 aliphatic heterocycles. The number of aromatic nitrogens is 5. The number of rotatable bonds is 7. The number of amides is 2. The van der Waals surface area contributed by atoms with Gasteiger partial charge in [-0.15, -0.1) is 11.8 Å². The van der Waals surface area contributed by atoms with Gasteiger partial charge in [-0.05, 0) is 38.6 Å². The Morgan fingerprint density at radius 2 is 2.21 bits per heavy atom. The minimum absolute atomic E-state index is 0.0519. The third kappa shape index (κ3) is 4.81. The van der Waals surface area contributed by atoms with Gasteiger partial charge >= 0.3 is 6.61 Å². The third-order valence-corrected chi connectivity index (χ3v) is 8.05. The Morgan fingerprint density at radius 3 is 3.00 bits per heavy atom. The minimum Gasteiger partial charge on any atom is -0.434 e. The van der Waals surface area contributed by atoms with Crippen LogP contribution in [0.15, 0.2) is 47.9 Å². The van der Waals surface area contributed by atoms with E-state index in [1.807, 2.05) is 7.05 Å². The summed E-state index contributed by atoms with van der Waals surface area (Å²) in [7, 11) is 1.97. The van der Waals surface area contributed by atoms with Crippen molar-refractivity contribution in [2.45, 2.75) is 36.3 Å². The molecule has 3 aromatic heterocycles. The van der Waals surface area contributed by atoms with Crippen LogP contribution in [0.3, 0.4) is 0 Å². The van der Waals surface area contributed by atoms with Gasteiger partial charge in [0.2, 0.25) is 5.91 Å². The maximum absolute atomic E-state index is 13.6. The molecule has 4 aromatic rings. The van der Waals surface area contributed by atoms with Gasteiger partial charge in [0.25, 0.3) is 5.91 Å². The van der Waals surface area contributed by atoms with E-state index >= 15 is 0 Å². The molecule has 0 radical (unpaired) electrons. The number of carbonyl (C=O) groups excluding carboxylic acids is 2. The SMILES string of the molecule is CN1CCC[C@@H]1C(c1cc2c(cc1OC(F)F)NC(=O)CS2)c1n[nH]cc1NC(=O)c1cnn2cccnc12. The number of nitrogens with zero attached hydrogens (tertiary/aromatic N) is 5. The molecule has 0 aliphatic carbocycles. The van der Waals surface area contributed by atoms with Crippen LogP contribution in [0.5, 0.6) is 5.75 Å². The molecule has 6 rings (SSSR count). The number of benzene rings is 1. The van der Waals surface area contributed by atoms with Crippen LogP contribution in [0, 0.1) is 0 Å². The maximum atomic E-state index is 13.6. The zero-order valence-electron chi connectivity index (χ0n) is 20.7. The Labute approximate surface area is 225 Å². The molecule has 5 heterocycles. The molecule has 0 bridgehead atoms. The summed E-state index contributed by atoms with van der Waals surface area (Å²) in [4.78, 5) is 32.4. The number of alkyl halides is 2. The topological polar surface area (TPSA) is 130 Å². The van der Waals surface area contributed by atoms with Crippen LogP contribution in [0.25, 0.3) is 5.65 Å². The van der Waals surface area contributed by atoms with E-state index < -0.39 is 18.4 Å². The van der Waals surface area contributed by atoms with Crippen molar-refractivity contribution in [3.63, 3.8) is 0 Å². The third-order valence-electron chi connectivity index (χ3n) is 6.99. The zero-order valence-corrected chi connectivity index (χ0v) is 21.5. The number of fused-ring (bicyclic) bond motifs is 2. The average molecular weight is 555 g/mol. The van der Waals surface area contributed by atoms with Crippen LogP contribution < -0.4 is 15.4 Å². The molecular weight excluding hydrogens is 530 g/mol. The lowest BCUT2D eigenvalue weighted by atomic mass is 9.85. The van der Waals surface area contributed by atoms with Crippen molar-refractivity contribution >= 4 is 40.6 Å². The molecule has 14 heteroatoms. The summed E-state index contributed by atoms with van der Waals surface area (Å²) in [6, 6.07) is 4.82. The monoisotopic (exact) mass is 554 g/mol. The van der Waals surface area contributed by atoms with Crippen molar-refractivity contribution in [1.29, 1.82) is 0 Å². The Hall–Kier alpha value is -4.04. The molecule has 1 unspecified atom stereocenters. The van der Waals surface area contributed by atoms with Crippen LogP contribution in [-0.4, -0.2) is 73.5 Å². The number of nitrogens with one attached hydrogen (secondary N) is 3. The summed E-state index contributed by atoms with van der Waals surface area (Å²) in [5, 5.41) is 17.1. The Morgan fingerprint density at radius 1 is 1.33 bits per heavy atom. The number of halogens is 2. The molecule has 0 spiro atoms. The number of thioether (sulfide) groups is 1. The second-order valence-corrected chi connectivity index (χ2v) is 10.4. The first-order valence-corrected chi connectivity index (χ1v) is 13.3. The minimum atomic E-state index is -3.07. The summed E-state index contributed by atoms with van der Waals surface area (Å²) >= 11 is 1.33. The normalized spacial score (nSPS) is 18.3. The predicted molar refractivity (Wildman–Crippen MR) is 139 cm³/mol. The second-order valence-electron chi connectivity index (χ2n) is 9.35. The molecule has 202 valence electrons. The standard InChI is InChI=1S/C25H24F2N8O3S/c1-34-6-2-4-17(34)21(13-8-19-15(31-20(36)12-39-19)9-18(13)38-25(26)27)22-16(11-29-33-22)32-24(37)14-10-30-35-7-3-5-28-23(14)35/h3,5,7-11,17,21,25H,2,4,6,12H2,1H3,(H,29,33)(H,31,36)(H,32,37)/t17-,21?/m1/s1. The molecule has 1 saturated heterocycles. The van der Waals surface area contributed by atoms with Gasteiger partial charge < -0.3 is 20.3 Å². The number of H-pyrrole nitrogens is 1. The van der Waals surface area contributed by atoms with Crippen molar-refractivity contribution in [2.75, 3.05) is 30.0 Å². The fourth-order valence-corrected chi connectivity index (χ4v) is 6.11. The Balaban J connectivity index is 1.43. The first kappa shape index (κ1) is 25.2. The van der Waals surface area contributed by atoms with Crippen LogP contribution in [0.2, 0.25) is 0 Å². The van der Waals surface area contributed by atoms with E-state index in [2.05, 4.69) is 35.8 Å². The fraction of sp³-hybridized carbons (Fsp3) is 0.320. The van der Waals surface area contributed by atoms with Gasteiger partial charge in [-0.2, -0.15) is 19.0 Å². The van der Waals surface area contributed by atoms with E-state index in [-0.39, 0.29) is 29.0 Å². The predicted octanol–water partition coefficient (Wildman–Crippen LogP) is 3.58. The van der Waals surface area contributed by atoms with Crippen LogP contribution in [0.4, 0.5) is 20.2 Å². The summed E-state index contributed by atoms with van der Waals surface area (Å²) < 4.78 is 33.7. The Bertz CT molecular complexity index is 1560. The number of hydrogen-bond donors (Lipinski definition) is 3. The number of aromatic amines is 1. The average Bonchev–Trinajstić information content (AvgIpc) is 3.65. The van der Waals surface area contributed by atoms with Gasteiger partial charge in [0.1, 0.15) is 11.3 Å². The highest BCUT2D eigenvalue weighted by Gasteiger charge is 2.38. The van der Waals surface area contributed by atoms with Crippen LogP contribution in [0.1, 0.15) is 40.4 Å². The van der Waals surface area contributed by atoms with E-state index in [0.717, 1.165) is 24.3 Å². The molecule has 2 atom stereocenters. The van der Waals surface area contributed by atoms with E-state index in [1.54, 1.807) is 30.7 Å². The maximum Gasteiger partial charge on any atom is 0.387 e. The van der Waals surface area contributed by atoms with Crippen molar-refractivity contribution < 1.29 is 23.1 Å². The lowest BCUT2D eigenvalue weighted by molar-refractivity contribution is -0.113. The van der Waals surface area contributed by atoms with E-state index in [1.165, 1.54) is 28.5 Å². The van der Waals surface area contributed by atoms with Gasteiger partial charge in [-0.25, -0.2) is 9.50 Å². The van der Waals surface area contributed by atoms with Crippen molar-refractivity contribution in [3.8, 4) is 5.75 Å². The molecule has 3 N–H and O–H groups in total. The van der Waals surface area contributed by atoms with E-state index in [4.69, 9.17) is 4.74 Å². The fourth-order valence-electron chi connectivity index (χ4n) is 5.27. The summed E-state index contributed by atoms with van der Waals surface area (Å²) in [6.07, 6.45) is 7.96. The largest absolute Gasteiger partial charge is 0.434 e. The summed E-state index contributed by atoms with van der Waals surface area (Å²) in [6.45, 7) is -2.25. The van der Waals surface area contributed by atoms with E-state index in [9.17, 15) is 18.4 Å². The second kappa shape index (κ2) is 10.3. The summed E-state index contributed by atoms with van der Waals surface area (Å²) in [5.41, 5.74) is 2.48. The smallest absolute Gasteiger partial charge is 0.387 e. The molecule has 0 saturated carbocycles.